The third-order valence-corrected chi connectivity index (χ3v) is 4.82. The van der Waals surface area contributed by atoms with Crippen molar-refractivity contribution in [3.05, 3.63) is 59.7 Å². The molecule has 2 N–H and O–H groups in total. The highest BCUT2D eigenvalue weighted by Crippen LogP contribution is 2.31. The monoisotopic (exact) mass is 539 g/mol. The quantitative estimate of drug-likeness (QED) is 0.252. The van der Waals surface area contributed by atoms with Crippen LogP contribution in [-0.4, -0.2) is 56.7 Å². The van der Waals surface area contributed by atoms with Gasteiger partial charge in [0, 0.05) is 12.8 Å². The molecule has 2 aromatic carbocycles. The van der Waals surface area contributed by atoms with Crippen LogP contribution in [0.4, 0.5) is 9.59 Å². The number of nitrogens with two attached hydrogens (primary N) is 1. The van der Waals surface area contributed by atoms with Crippen molar-refractivity contribution >= 4 is 36.7 Å². The normalized spacial score (nSPS) is 11.7. The zero-order valence-corrected chi connectivity index (χ0v) is 21.5. The molecule has 1 atom stereocenters. The van der Waals surface area contributed by atoms with Crippen molar-refractivity contribution in [2.24, 2.45) is 5.73 Å². The van der Waals surface area contributed by atoms with Gasteiger partial charge in [0.05, 0.1) is 32.5 Å². The standard InChI is InChI=1S/C25H29NO10.ClH/c1-4-32-23(29)35-19-12-11-17(15-20(19)36-24(30)33-5-2)16-25(26,22(28)31-3)13-14-34-21(27)18-9-7-6-8-10-18;/h6-12,15H,4-5,13-14,16,26H2,1-3H3;1H/t25-;/m1./s1. The van der Waals surface area contributed by atoms with Gasteiger partial charge in [-0.2, -0.15) is 0 Å². The molecular formula is C25H30ClNO10. The van der Waals surface area contributed by atoms with Crippen LogP contribution in [0.2, 0.25) is 0 Å². The highest BCUT2D eigenvalue weighted by molar-refractivity contribution is 5.89. The van der Waals surface area contributed by atoms with Gasteiger partial charge in [-0.3, -0.25) is 4.79 Å². The summed E-state index contributed by atoms with van der Waals surface area (Å²) in [6.45, 7) is 3.18. The van der Waals surface area contributed by atoms with E-state index in [1.807, 2.05) is 0 Å². The fourth-order valence-corrected chi connectivity index (χ4v) is 3.11. The van der Waals surface area contributed by atoms with Gasteiger partial charge in [-0.05, 0) is 43.7 Å². The van der Waals surface area contributed by atoms with Gasteiger partial charge in [-0.1, -0.05) is 24.3 Å². The average Bonchev–Trinajstić information content (AvgIpc) is 2.85. The topological polar surface area (TPSA) is 150 Å². The first-order chi connectivity index (χ1) is 17.2. The number of hydrogen-bond acceptors (Lipinski definition) is 11. The molecule has 0 heterocycles. The zero-order valence-electron chi connectivity index (χ0n) is 20.7. The van der Waals surface area contributed by atoms with Crippen molar-refractivity contribution in [3.63, 3.8) is 0 Å². The van der Waals surface area contributed by atoms with E-state index in [-0.39, 0.29) is 56.6 Å². The number of hydrogen-bond donors (Lipinski definition) is 1. The molecule has 12 heteroatoms. The summed E-state index contributed by atoms with van der Waals surface area (Å²) in [6, 6.07) is 12.6. The lowest BCUT2D eigenvalue weighted by Crippen LogP contribution is -2.51. The van der Waals surface area contributed by atoms with Gasteiger partial charge in [-0.25, -0.2) is 14.4 Å². The van der Waals surface area contributed by atoms with E-state index in [1.54, 1.807) is 44.2 Å². The van der Waals surface area contributed by atoms with Crippen LogP contribution in [0.25, 0.3) is 0 Å². The average molecular weight is 540 g/mol. The van der Waals surface area contributed by atoms with Crippen LogP contribution in [0.15, 0.2) is 48.5 Å². The van der Waals surface area contributed by atoms with Gasteiger partial charge in [-0.15, -0.1) is 12.4 Å². The Morgan fingerprint density at radius 2 is 1.43 bits per heavy atom. The Hall–Kier alpha value is -3.83. The number of benzene rings is 2. The van der Waals surface area contributed by atoms with Gasteiger partial charge in [0.1, 0.15) is 5.54 Å². The van der Waals surface area contributed by atoms with Gasteiger partial charge < -0.3 is 34.2 Å². The van der Waals surface area contributed by atoms with Crippen molar-refractivity contribution in [2.75, 3.05) is 26.9 Å². The molecule has 0 bridgehead atoms. The van der Waals surface area contributed by atoms with Crippen LogP contribution in [0.1, 0.15) is 36.2 Å². The smallest absolute Gasteiger partial charge is 0.468 e. The van der Waals surface area contributed by atoms with Crippen LogP contribution < -0.4 is 15.2 Å². The number of esters is 2. The van der Waals surface area contributed by atoms with Crippen molar-refractivity contribution in [1.29, 1.82) is 0 Å². The second-order valence-electron chi connectivity index (χ2n) is 7.43. The summed E-state index contributed by atoms with van der Waals surface area (Å²) in [5.74, 6) is -1.56. The highest BCUT2D eigenvalue weighted by atomic mass is 35.5. The number of methoxy groups -OCH3 is 1. The first-order valence-corrected chi connectivity index (χ1v) is 11.1. The minimum atomic E-state index is -1.59. The molecule has 2 rings (SSSR count). The highest BCUT2D eigenvalue weighted by Gasteiger charge is 2.36. The Morgan fingerprint density at radius 1 is 0.838 bits per heavy atom. The molecule has 37 heavy (non-hydrogen) atoms. The maximum Gasteiger partial charge on any atom is 0.513 e. The summed E-state index contributed by atoms with van der Waals surface area (Å²) in [7, 11) is 1.19. The lowest BCUT2D eigenvalue weighted by Gasteiger charge is -2.26. The molecule has 0 amide bonds. The third kappa shape index (κ3) is 9.62. The molecule has 0 fully saturated rings. The zero-order chi connectivity index (χ0) is 26.6. The fraction of sp³-hybridized carbons (Fsp3) is 0.360. The molecule has 0 aromatic heterocycles. The number of halogens is 1. The maximum atomic E-state index is 12.5. The second-order valence-corrected chi connectivity index (χ2v) is 7.43. The Kier molecular flexibility index (Phi) is 12.9. The van der Waals surface area contributed by atoms with Crippen LogP contribution in [0.5, 0.6) is 11.5 Å². The summed E-state index contributed by atoms with van der Waals surface area (Å²) in [5, 5.41) is 0. The van der Waals surface area contributed by atoms with Gasteiger partial charge in [0.25, 0.3) is 0 Å². The first-order valence-electron chi connectivity index (χ1n) is 11.1. The lowest BCUT2D eigenvalue weighted by molar-refractivity contribution is -0.147. The van der Waals surface area contributed by atoms with Crippen LogP contribution >= 0.6 is 12.4 Å². The van der Waals surface area contributed by atoms with E-state index in [2.05, 4.69) is 0 Å². The fourth-order valence-electron chi connectivity index (χ4n) is 3.11. The predicted octanol–water partition coefficient (Wildman–Crippen LogP) is 3.84. The molecule has 0 aliphatic rings. The van der Waals surface area contributed by atoms with E-state index in [1.165, 1.54) is 25.3 Å². The molecule has 0 spiro atoms. The molecule has 2 aromatic rings. The lowest BCUT2D eigenvalue weighted by atomic mass is 9.88. The molecule has 202 valence electrons. The molecule has 0 aliphatic carbocycles. The first kappa shape index (κ1) is 31.2. The number of rotatable bonds is 11. The number of carbonyl (C=O) groups excluding carboxylic acids is 4. The van der Waals surface area contributed by atoms with Crippen LogP contribution in [0.3, 0.4) is 0 Å². The Balaban J connectivity index is 0.00000684. The Bertz CT molecular complexity index is 1060. The molecule has 11 nitrogen and oxygen atoms in total. The SMILES string of the molecule is CCOC(=O)Oc1ccc(C[C@](N)(CCOC(=O)c2ccccc2)C(=O)OC)cc1OC(=O)OCC.Cl. The van der Waals surface area contributed by atoms with E-state index in [4.69, 9.17) is 34.2 Å². The summed E-state index contributed by atoms with van der Waals surface area (Å²) < 4.78 is 29.9. The predicted molar refractivity (Wildman–Crippen MR) is 133 cm³/mol. The van der Waals surface area contributed by atoms with Gasteiger partial charge in [0.15, 0.2) is 11.5 Å². The van der Waals surface area contributed by atoms with Crippen LogP contribution in [-0.2, 0) is 30.2 Å². The summed E-state index contributed by atoms with van der Waals surface area (Å²) in [6.07, 6.45) is -2.17. The largest absolute Gasteiger partial charge is 0.513 e. The Labute approximate surface area is 220 Å². The number of ether oxygens (including phenoxy) is 6. The summed E-state index contributed by atoms with van der Waals surface area (Å²) in [5.41, 5.74) is 5.57. The van der Waals surface area contributed by atoms with Crippen molar-refractivity contribution < 1.29 is 47.6 Å². The second kappa shape index (κ2) is 15.3. The van der Waals surface area contributed by atoms with Gasteiger partial charge in [0.2, 0.25) is 0 Å². The van der Waals surface area contributed by atoms with Crippen molar-refractivity contribution in [2.45, 2.75) is 32.2 Å². The third-order valence-electron chi connectivity index (χ3n) is 4.82. The Morgan fingerprint density at radius 3 is 2.00 bits per heavy atom. The maximum absolute atomic E-state index is 12.5. The van der Waals surface area contributed by atoms with E-state index in [0.29, 0.717) is 11.1 Å². The van der Waals surface area contributed by atoms with Crippen molar-refractivity contribution in [1.82, 2.24) is 0 Å². The molecule has 0 unspecified atom stereocenters. The summed E-state index contributed by atoms with van der Waals surface area (Å²) >= 11 is 0. The van der Waals surface area contributed by atoms with E-state index >= 15 is 0 Å². The van der Waals surface area contributed by atoms with Crippen molar-refractivity contribution in [3.8, 4) is 11.5 Å². The molecule has 0 radical (unpaired) electrons. The molecule has 0 saturated carbocycles. The van der Waals surface area contributed by atoms with Gasteiger partial charge >= 0.3 is 24.2 Å². The van der Waals surface area contributed by atoms with E-state index in [9.17, 15) is 19.2 Å². The molecule has 0 aliphatic heterocycles. The minimum Gasteiger partial charge on any atom is -0.468 e. The minimum absolute atomic E-state index is 0. The van der Waals surface area contributed by atoms with E-state index < -0.39 is 29.8 Å². The summed E-state index contributed by atoms with van der Waals surface area (Å²) in [4.78, 5) is 48.4. The van der Waals surface area contributed by atoms with E-state index in [0.717, 1.165) is 0 Å². The van der Waals surface area contributed by atoms with Crippen LogP contribution in [0, 0.1) is 0 Å². The molecular weight excluding hydrogens is 510 g/mol. The molecule has 0 saturated heterocycles. The number of carbonyl (C=O) groups is 4.